The van der Waals surface area contributed by atoms with E-state index in [1.807, 2.05) is 0 Å². The molecule has 0 amide bonds. The molecular formula is C12H9BrN2S. The molecule has 0 aliphatic rings. The normalized spacial score (nSPS) is 10.1. The third kappa shape index (κ3) is 2.01. The Morgan fingerprint density at radius 2 is 2.12 bits per heavy atom. The quantitative estimate of drug-likeness (QED) is 0.795. The Morgan fingerprint density at radius 3 is 2.69 bits per heavy atom. The van der Waals surface area contributed by atoms with Crippen LogP contribution in [0.1, 0.15) is 16.0 Å². The smallest absolute Gasteiger partial charge is 0.139 e. The van der Waals surface area contributed by atoms with E-state index < -0.39 is 0 Å². The van der Waals surface area contributed by atoms with Crippen LogP contribution in [0.15, 0.2) is 22.8 Å². The van der Waals surface area contributed by atoms with E-state index in [-0.39, 0.29) is 0 Å². The highest BCUT2D eigenvalue weighted by Crippen LogP contribution is 2.32. The summed E-state index contributed by atoms with van der Waals surface area (Å²) in [5, 5.41) is 9.77. The van der Waals surface area contributed by atoms with Crippen molar-refractivity contribution < 1.29 is 0 Å². The van der Waals surface area contributed by atoms with Crippen LogP contribution in [0, 0.1) is 25.2 Å². The van der Waals surface area contributed by atoms with Gasteiger partial charge in [0, 0.05) is 5.56 Å². The van der Waals surface area contributed by atoms with Gasteiger partial charge in [0.2, 0.25) is 0 Å². The molecule has 2 rings (SSSR count). The zero-order valence-corrected chi connectivity index (χ0v) is 11.3. The Labute approximate surface area is 107 Å². The molecule has 1 aromatic heterocycles. The van der Waals surface area contributed by atoms with Gasteiger partial charge in [-0.25, -0.2) is 4.98 Å². The summed E-state index contributed by atoms with van der Waals surface area (Å²) in [6.45, 7) is 4.12. The molecule has 0 saturated heterocycles. The lowest BCUT2D eigenvalue weighted by molar-refractivity contribution is 1.31. The number of aromatic nitrogens is 1. The minimum Gasteiger partial charge on any atom is -0.228 e. The van der Waals surface area contributed by atoms with Crippen molar-refractivity contribution in [3.8, 4) is 16.6 Å². The molecule has 0 atom stereocenters. The minimum absolute atomic E-state index is 0.620. The number of hydrogen-bond acceptors (Lipinski definition) is 3. The third-order valence-electron chi connectivity index (χ3n) is 2.30. The fourth-order valence-corrected chi connectivity index (χ4v) is 3.01. The first-order valence-electron chi connectivity index (χ1n) is 4.76. The third-order valence-corrected chi connectivity index (χ3v) is 4.13. The number of nitriles is 1. The number of rotatable bonds is 1. The van der Waals surface area contributed by atoms with Gasteiger partial charge >= 0.3 is 0 Å². The van der Waals surface area contributed by atoms with Crippen molar-refractivity contribution >= 4 is 27.3 Å². The van der Waals surface area contributed by atoms with E-state index in [9.17, 15) is 0 Å². The predicted octanol–water partition coefficient (Wildman–Crippen LogP) is 4.06. The van der Waals surface area contributed by atoms with Crippen molar-refractivity contribution in [1.82, 2.24) is 4.98 Å². The van der Waals surface area contributed by atoms with Gasteiger partial charge in [-0.1, -0.05) is 23.8 Å². The van der Waals surface area contributed by atoms with Gasteiger partial charge < -0.3 is 0 Å². The Balaban J connectivity index is 2.55. The molecule has 4 heteroatoms. The summed E-state index contributed by atoms with van der Waals surface area (Å²) in [6.07, 6.45) is 0. The highest BCUT2D eigenvalue weighted by atomic mass is 79.9. The summed E-state index contributed by atoms with van der Waals surface area (Å²) in [5.41, 5.74) is 3.51. The Hall–Kier alpha value is -1.18. The van der Waals surface area contributed by atoms with E-state index in [2.05, 4.69) is 59.0 Å². The second-order valence-electron chi connectivity index (χ2n) is 3.57. The van der Waals surface area contributed by atoms with Gasteiger partial charge in [0.1, 0.15) is 20.6 Å². The zero-order chi connectivity index (χ0) is 11.7. The van der Waals surface area contributed by atoms with E-state index in [1.54, 1.807) is 0 Å². The first kappa shape index (κ1) is 11.3. The number of nitrogens with zero attached hydrogens (tertiary/aromatic N) is 2. The van der Waals surface area contributed by atoms with E-state index in [4.69, 9.17) is 5.26 Å². The Kier molecular flexibility index (Phi) is 3.08. The summed E-state index contributed by atoms with van der Waals surface area (Å²) in [6, 6.07) is 8.36. The average Bonchev–Trinajstić information content (AvgIpc) is 2.59. The van der Waals surface area contributed by atoms with Crippen LogP contribution in [0.25, 0.3) is 10.6 Å². The number of aryl methyl sites for hydroxylation is 2. The minimum atomic E-state index is 0.620. The van der Waals surface area contributed by atoms with Crippen molar-refractivity contribution in [1.29, 1.82) is 5.26 Å². The molecule has 0 aliphatic carbocycles. The van der Waals surface area contributed by atoms with Crippen LogP contribution in [0.5, 0.6) is 0 Å². The summed E-state index contributed by atoms with van der Waals surface area (Å²) >= 11 is 4.70. The van der Waals surface area contributed by atoms with Crippen molar-refractivity contribution in [2.24, 2.45) is 0 Å². The van der Waals surface area contributed by atoms with Crippen molar-refractivity contribution in [2.45, 2.75) is 13.8 Å². The number of halogens is 1. The van der Waals surface area contributed by atoms with E-state index >= 15 is 0 Å². The molecule has 0 fully saturated rings. The van der Waals surface area contributed by atoms with Gasteiger partial charge in [-0.2, -0.15) is 5.26 Å². The molecule has 1 aromatic carbocycles. The molecule has 0 unspecified atom stereocenters. The highest BCUT2D eigenvalue weighted by molar-refractivity contribution is 9.10. The van der Waals surface area contributed by atoms with Crippen LogP contribution in [-0.4, -0.2) is 4.98 Å². The molecule has 0 N–H and O–H groups in total. The average molecular weight is 293 g/mol. The molecule has 80 valence electrons. The number of thiazole rings is 1. The lowest BCUT2D eigenvalue weighted by atomic mass is 10.1. The van der Waals surface area contributed by atoms with Gasteiger partial charge in [0.05, 0.1) is 0 Å². The largest absolute Gasteiger partial charge is 0.228 e. The Morgan fingerprint density at radius 1 is 1.38 bits per heavy atom. The molecular weight excluding hydrogens is 284 g/mol. The molecule has 16 heavy (non-hydrogen) atoms. The second kappa shape index (κ2) is 4.36. The molecule has 0 spiro atoms. The summed E-state index contributed by atoms with van der Waals surface area (Å²) in [7, 11) is 0. The van der Waals surface area contributed by atoms with E-state index in [0.29, 0.717) is 9.48 Å². The molecule has 0 saturated carbocycles. The van der Waals surface area contributed by atoms with Crippen LogP contribution < -0.4 is 0 Å². The lowest BCUT2D eigenvalue weighted by Crippen LogP contribution is -1.83. The molecule has 0 radical (unpaired) electrons. The molecule has 2 aromatic rings. The van der Waals surface area contributed by atoms with Gasteiger partial charge in [0.25, 0.3) is 0 Å². The van der Waals surface area contributed by atoms with Gasteiger partial charge in [-0.15, -0.1) is 11.3 Å². The molecule has 0 aliphatic heterocycles. The van der Waals surface area contributed by atoms with Crippen LogP contribution in [0.2, 0.25) is 0 Å². The summed E-state index contributed by atoms with van der Waals surface area (Å²) in [5.74, 6) is 0. The van der Waals surface area contributed by atoms with E-state index in [0.717, 1.165) is 10.6 Å². The second-order valence-corrected chi connectivity index (χ2v) is 5.32. The van der Waals surface area contributed by atoms with Crippen LogP contribution in [-0.2, 0) is 0 Å². The van der Waals surface area contributed by atoms with Crippen molar-refractivity contribution in [3.05, 3.63) is 38.8 Å². The molecule has 0 bridgehead atoms. The topological polar surface area (TPSA) is 36.7 Å². The lowest BCUT2D eigenvalue weighted by Gasteiger charge is -2.02. The zero-order valence-electron chi connectivity index (χ0n) is 8.91. The van der Waals surface area contributed by atoms with Crippen LogP contribution in [0.4, 0.5) is 0 Å². The number of hydrogen-bond donors (Lipinski definition) is 0. The standard InChI is InChI=1S/C12H9BrN2S/c1-7-3-4-9(8(2)5-7)12-15-11(13)10(6-14)16-12/h3-5H,1-2H3. The highest BCUT2D eigenvalue weighted by Gasteiger charge is 2.11. The van der Waals surface area contributed by atoms with Crippen LogP contribution >= 0.6 is 27.3 Å². The molecule has 1 heterocycles. The SMILES string of the molecule is Cc1ccc(-c2nc(Br)c(C#N)s2)c(C)c1. The monoisotopic (exact) mass is 292 g/mol. The van der Waals surface area contributed by atoms with Gasteiger partial charge in [-0.3, -0.25) is 0 Å². The van der Waals surface area contributed by atoms with E-state index in [1.165, 1.54) is 22.5 Å². The fraction of sp³-hybridized carbons (Fsp3) is 0.167. The maximum atomic E-state index is 8.88. The van der Waals surface area contributed by atoms with Crippen molar-refractivity contribution in [3.63, 3.8) is 0 Å². The van der Waals surface area contributed by atoms with Crippen molar-refractivity contribution in [2.75, 3.05) is 0 Å². The maximum Gasteiger partial charge on any atom is 0.139 e. The first-order valence-corrected chi connectivity index (χ1v) is 6.37. The predicted molar refractivity (Wildman–Crippen MR) is 69.4 cm³/mol. The first-order chi connectivity index (χ1) is 7.61. The van der Waals surface area contributed by atoms with Crippen LogP contribution in [0.3, 0.4) is 0 Å². The van der Waals surface area contributed by atoms with Gasteiger partial charge in [0.15, 0.2) is 0 Å². The summed E-state index contributed by atoms with van der Waals surface area (Å²) < 4.78 is 0.634. The Bertz CT molecular complexity index is 581. The number of benzene rings is 1. The van der Waals surface area contributed by atoms with Gasteiger partial charge in [-0.05, 0) is 35.3 Å². The molecule has 2 nitrogen and oxygen atoms in total. The fourth-order valence-electron chi connectivity index (χ4n) is 1.54. The maximum absolute atomic E-state index is 8.88. The summed E-state index contributed by atoms with van der Waals surface area (Å²) in [4.78, 5) is 4.98.